The van der Waals surface area contributed by atoms with Crippen molar-refractivity contribution in [3.8, 4) is 11.5 Å². The number of ether oxygens (including phenoxy) is 2. The fourth-order valence-electron chi connectivity index (χ4n) is 4.09. The molecule has 1 aliphatic carbocycles. The first-order valence-corrected chi connectivity index (χ1v) is 10.9. The van der Waals surface area contributed by atoms with E-state index in [2.05, 4.69) is 6.08 Å². The van der Waals surface area contributed by atoms with Gasteiger partial charge in [-0.1, -0.05) is 23.8 Å². The summed E-state index contributed by atoms with van der Waals surface area (Å²) in [5.74, 6) is -1.04. The van der Waals surface area contributed by atoms with Crippen LogP contribution in [0.15, 0.2) is 35.9 Å². The number of nitrogens with zero attached hydrogens (tertiary/aromatic N) is 3. The first-order chi connectivity index (χ1) is 15.4. The van der Waals surface area contributed by atoms with Crippen molar-refractivity contribution in [2.45, 2.75) is 38.2 Å². The molecule has 5 amide bonds. The Hall–Kier alpha value is -3.36. The van der Waals surface area contributed by atoms with E-state index in [4.69, 9.17) is 9.47 Å². The third-order valence-electron chi connectivity index (χ3n) is 5.94. The van der Waals surface area contributed by atoms with Crippen molar-refractivity contribution in [3.63, 3.8) is 0 Å². The van der Waals surface area contributed by atoms with Gasteiger partial charge in [0.15, 0.2) is 17.6 Å². The van der Waals surface area contributed by atoms with E-state index in [9.17, 15) is 19.2 Å². The van der Waals surface area contributed by atoms with Gasteiger partial charge in [-0.2, -0.15) is 0 Å². The number of para-hydroxylation sites is 2. The predicted octanol–water partition coefficient (Wildman–Crippen LogP) is 1.97. The molecule has 0 aromatic heterocycles. The van der Waals surface area contributed by atoms with Crippen molar-refractivity contribution < 1.29 is 28.7 Å². The van der Waals surface area contributed by atoms with Gasteiger partial charge in [0, 0.05) is 13.6 Å². The summed E-state index contributed by atoms with van der Waals surface area (Å²) in [5, 5.41) is 0. The highest BCUT2D eigenvalue weighted by atomic mass is 16.6. The molecule has 170 valence electrons. The van der Waals surface area contributed by atoms with Crippen molar-refractivity contribution in [2.75, 3.05) is 33.3 Å². The second-order valence-electron chi connectivity index (χ2n) is 8.26. The second-order valence-corrected chi connectivity index (χ2v) is 8.26. The molecule has 1 saturated heterocycles. The third kappa shape index (κ3) is 4.61. The fraction of sp³-hybridized carbons (Fsp3) is 0.478. The molecule has 2 aliphatic heterocycles. The monoisotopic (exact) mass is 441 g/mol. The minimum atomic E-state index is -0.958. The molecule has 0 bridgehead atoms. The Balaban J connectivity index is 1.31. The van der Waals surface area contributed by atoms with Gasteiger partial charge in [0.1, 0.15) is 13.2 Å². The maximum absolute atomic E-state index is 12.7. The number of allylic oxidation sites excluding steroid dienone is 1. The van der Waals surface area contributed by atoms with Crippen LogP contribution in [-0.4, -0.2) is 77.8 Å². The number of amides is 5. The quantitative estimate of drug-likeness (QED) is 0.365. The van der Waals surface area contributed by atoms with Crippen LogP contribution in [0.4, 0.5) is 4.79 Å². The first-order valence-electron chi connectivity index (χ1n) is 10.9. The number of hydrogen-bond donors (Lipinski definition) is 0. The van der Waals surface area contributed by atoms with Gasteiger partial charge in [0.25, 0.3) is 0 Å². The van der Waals surface area contributed by atoms with Gasteiger partial charge in [0.05, 0.1) is 6.54 Å². The highest BCUT2D eigenvalue weighted by Crippen LogP contribution is 2.31. The predicted molar refractivity (Wildman–Crippen MR) is 114 cm³/mol. The van der Waals surface area contributed by atoms with Crippen LogP contribution in [0.1, 0.15) is 32.1 Å². The van der Waals surface area contributed by atoms with E-state index < -0.39 is 30.3 Å². The number of likely N-dealkylation sites (N-methyl/N-ethyl adjacent to an activating group) is 1. The standard InChI is InChI=1S/C23H27N3O6/c1-24(13-17-15-31-18-9-5-6-10-19(18)32-17)20(27)14-26-22(29)21(28)25(23(26)30)12-11-16-7-3-2-4-8-16/h5-7,9-10,17H,2-4,8,11-15H2,1H3/t17-/m0/s1. The lowest BCUT2D eigenvalue weighted by Crippen LogP contribution is -2.46. The van der Waals surface area contributed by atoms with Crippen LogP contribution in [0.3, 0.4) is 0 Å². The molecular weight excluding hydrogens is 414 g/mol. The Morgan fingerprint density at radius 2 is 1.84 bits per heavy atom. The van der Waals surface area contributed by atoms with Gasteiger partial charge in [-0.05, 0) is 44.2 Å². The van der Waals surface area contributed by atoms with Crippen molar-refractivity contribution in [1.82, 2.24) is 14.7 Å². The Kier molecular flexibility index (Phi) is 6.43. The molecule has 1 aromatic rings. The number of carbonyl (C=O) groups excluding carboxylic acids is 4. The molecule has 0 N–H and O–H groups in total. The molecule has 4 rings (SSSR count). The number of rotatable bonds is 7. The average molecular weight is 441 g/mol. The minimum Gasteiger partial charge on any atom is -0.486 e. The van der Waals surface area contributed by atoms with E-state index in [0.717, 1.165) is 35.5 Å². The SMILES string of the molecule is CN(C[C@H]1COc2ccccc2O1)C(=O)CN1C(=O)C(=O)N(CCC2=CCCCC2)C1=O. The van der Waals surface area contributed by atoms with E-state index in [0.29, 0.717) is 17.9 Å². The normalized spacial score (nSPS) is 20.5. The summed E-state index contributed by atoms with van der Waals surface area (Å²) < 4.78 is 11.5. The van der Waals surface area contributed by atoms with Gasteiger partial charge < -0.3 is 14.4 Å². The van der Waals surface area contributed by atoms with Crippen LogP contribution < -0.4 is 9.47 Å². The lowest BCUT2D eigenvalue weighted by atomic mass is 9.97. The molecule has 0 saturated carbocycles. The van der Waals surface area contributed by atoms with E-state index in [1.165, 1.54) is 10.5 Å². The van der Waals surface area contributed by atoms with E-state index >= 15 is 0 Å². The van der Waals surface area contributed by atoms with E-state index in [1.54, 1.807) is 19.2 Å². The number of imide groups is 2. The summed E-state index contributed by atoms with van der Waals surface area (Å²) >= 11 is 0. The second kappa shape index (κ2) is 9.42. The van der Waals surface area contributed by atoms with Crippen molar-refractivity contribution in [2.24, 2.45) is 0 Å². The molecule has 2 heterocycles. The molecule has 9 heteroatoms. The van der Waals surface area contributed by atoms with Crippen molar-refractivity contribution in [1.29, 1.82) is 0 Å². The Morgan fingerprint density at radius 1 is 1.09 bits per heavy atom. The average Bonchev–Trinajstić information content (AvgIpc) is 3.01. The maximum Gasteiger partial charge on any atom is 0.334 e. The first kappa shape index (κ1) is 21.9. The molecule has 0 spiro atoms. The Bertz CT molecular complexity index is 959. The Morgan fingerprint density at radius 3 is 2.59 bits per heavy atom. The number of fused-ring (bicyclic) bond motifs is 1. The summed E-state index contributed by atoms with van der Waals surface area (Å²) in [6, 6.07) is 6.54. The number of hydrogen-bond acceptors (Lipinski definition) is 6. The smallest absolute Gasteiger partial charge is 0.334 e. The molecule has 32 heavy (non-hydrogen) atoms. The molecule has 1 aromatic carbocycles. The zero-order valence-corrected chi connectivity index (χ0v) is 18.1. The van der Waals surface area contributed by atoms with Crippen molar-refractivity contribution in [3.05, 3.63) is 35.9 Å². The lowest BCUT2D eigenvalue weighted by Gasteiger charge is -2.30. The van der Waals surface area contributed by atoms with Crippen LogP contribution in [0.25, 0.3) is 0 Å². The topological polar surface area (TPSA) is 96.5 Å². The van der Waals surface area contributed by atoms with E-state index in [-0.39, 0.29) is 25.8 Å². The number of urea groups is 1. The molecule has 1 fully saturated rings. The zero-order valence-electron chi connectivity index (χ0n) is 18.1. The lowest BCUT2D eigenvalue weighted by molar-refractivity contribution is -0.144. The molecule has 3 aliphatic rings. The highest BCUT2D eigenvalue weighted by Gasteiger charge is 2.45. The third-order valence-corrected chi connectivity index (χ3v) is 5.94. The van der Waals surface area contributed by atoms with Crippen LogP contribution in [0.2, 0.25) is 0 Å². The van der Waals surface area contributed by atoms with Crippen molar-refractivity contribution >= 4 is 23.8 Å². The minimum absolute atomic E-state index is 0.155. The van der Waals surface area contributed by atoms with Crippen LogP contribution in [-0.2, 0) is 14.4 Å². The molecule has 0 radical (unpaired) electrons. The molecule has 0 unspecified atom stereocenters. The maximum atomic E-state index is 12.7. The summed E-state index contributed by atoms with van der Waals surface area (Å²) in [5.41, 5.74) is 1.20. The van der Waals surface area contributed by atoms with Gasteiger partial charge >= 0.3 is 17.8 Å². The molecule has 1 atom stereocenters. The highest BCUT2D eigenvalue weighted by molar-refractivity contribution is 6.45. The zero-order chi connectivity index (χ0) is 22.7. The summed E-state index contributed by atoms with van der Waals surface area (Å²) in [6.45, 7) is 0.166. The number of carbonyl (C=O) groups is 4. The molecule has 9 nitrogen and oxygen atoms in total. The Labute approximate surface area is 186 Å². The summed E-state index contributed by atoms with van der Waals surface area (Å²) in [7, 11) is 1.56. The number of benzene rings is 1. The fourth-order valence-corrected chi connectivity index (χ4v) is 4.09. The molecular formula is C23H27N3O6. The summed E-state index contributed by atoms with van der Waals surface area (Å²) in [6.07, 6.45) is 6.53. The van der Waals surface area contributed by atoms with Gasteiger partial charge in [-0.3, -0.25) is 19.3 Å². The van der Waals surface area contributed by atoms with Crippen LogP contribution in [0.5, 0.6) is 11.5 Å². The largest absolute Gasteiger partial charge is 0.486 e. The van der Waals surface area contributed by atoms with Gasteiger partial charge in [0.2, 0.25) is 5.91 Å². The summed E-state index contributed by atoms with van der Waals surface area (Å²) in [4.78, 5) is 53.0. The van der Waals surface area contributed by atoms with E-state index in [1.807, 2.05) is 12.1 Å². The van der Waals surface area contributed by atoms with Gasteiger partial charge in [-0.25, -0.2) is 9.69 Å². The van der Waals surface area contributed by atoms with Crippen LogP contribution >= 0.6 is 0 Å². The van der Waals surface area contributed by atoms with Crippen LogP contribution in [0, 0.1) is 0 Å². The van der Waals surface area contributed by atoms with Gasteiger partial charge in [-0.15, -0.1) is 0 Å².